The van der Waals surface area contributed by atoms with Crippen LogP contribution < -0.4 is 0 Å². The summed E-state index contributed by atoms with van der Waals surface area (Å²) in [5.41, 5.74) is 6.16. The van der Waals surface area contributed by atoms with Crippen LogP contribution in [0.4, 0.5) is 0 Å². The van der Waals surface area contributed by atoms with Crippen LogP contribution in [0.5, 0.6) is 0 Å². The van der Waals surface area contributed by atoms with Gasteiger partial charge < -0.3 is 0 Å². The first-order valence-electron chi connectivity index (χ1n) is 17.5. The van der Waals surface area contributed by atoms with E-state index in [1.54, 1.807) is 36.5 Å². The summed E-state index contributed by atoms with van der Waals surface area (Å²) < 4.78 is 0. The minimum absolute atomic E-state index is 0. The summed E-state index contributed by atoms with van der Waals surface area (Å²) in [6, 6.07) is 58.7. The minimum atomic E-state index is -0.0114. The van der Waals surface area contributed by atoms with Crippen LogP contribution in [0.15, 0.2) is 218 Å². The molecule has 0 bridgehead atoms. The number of carbonyl (C=O) groups is 3. The van der Waals surface area contributed by atoms with Crippen molar-refractivity contribution in [3.05, 3.63) is 252 Å². The summed E-state index contributed by atoms with van der Waals surface area (Å²) in [7, 11) is 0. The van der Waals surface area contributed by atoms with Gasteiger partial charge in [0, 0.05) is 138 Å². The largest absolute Gasteiger partial charge is 0.290 e. The van der Waals surface area contributed by atoms with Gasteiger partial charge in [-0.05, 0) is 69.8 Å². The molecular weight excluding hydrogens is 926 g/mol. The molecule has 5 heteroatoms. The number of hydrogen-bond acceptors (Lipinski definition) is 3. The molecule has 3 nitrogen and oxygen atoms in total. The van der Waals surface area contributed by atoms with Gasteiger partial charge in [-0.25, -0.2) is 0 Å². The van der Waals surface area contributed by atoms with Crippen LogP contribution in [0, 0.1) is 0 Å². The smallest absolute Gasteiger partial charge is 0.178 e. The molecule has 6 rings (SSSR count). The van der Waals surface area contributed by atoms with E-state index in [4.69, 9.17) is 0 Å². The maximum absolute atomic E-state index is 11.6. The van der Waals surface area contributed by atoms with E-state index in [-0.39, 0.29) is 155 Å². The molecule has 0 atom stereocenters. The molecule has 6 aromatic rings. The first-order chi connectivity index (χ1) is 26.5. The molecule has 0 aromatic heterocycles. The number of allylic oxidation sites excluding steroid dienone is 6. The van der Waals surface area contributed by atoms with Gasteiger partial charge in [0.15, 0.2) is 17.3 Å². The Morgan fingerprint density at radius 2 is 0.357 bits per heavy atom. The van der Waals surface area contributed by atoms with Gasteiger partial charge >= 0.3 is 0 Å². The van der Waals surface area contributed by atoms with Crippen molar-refractivity contribution in [2.45, 2.75) is 0 Å². The fourth-order valence-electron chi connectivity index (χ4n) is 4.62. The van der Waals surface area contributed by atoms with Crippen LogP contribution in [0.3, 0.4) is 0 Å². The molecule has 6 aromatic carbocycles. The molecule has 0 aliphatic rings. The van der Waals surface area contributed by atoms with Crippen molar-refractivity contribution in [1.82, 2.24) is 0 Å². The Morgan fingerprint density at radius 1 is 0.232 bits per heavy atom. The Hall–Kier alpha value is -3.13. The van der Waals surface area contributed by atoms with Crippen molar-refractivity contribution >= 4 is 192 Å². The van der Waals surface area contributed by atoms with Crippen LogP contribution in [0.2, 0.25) is 0 Å². The van der Waals surface area contributed by atoms with Gasteiger partial charge in [-0.2, -0.15) is 0 Å². The zero-order chi connectivity index (χ0) is 37.9. The van der Waals surface area contributed by atoms with Gasteiger partial charge in [0.05, 0.1) is 0 Å². The molecule has 0 aliphatic heterocycles. The third-order valence-electron chi connectivity index (χ3n) is 7.44. The summed E-state index contributed by atoms with van der Waals surface area (Å²) >= 11 is 0. The summed E-state index contributed by atoms with van der Waals surface area (Å²) in [6.45, 7) is 0. The molecule has 0 saturated carbocycles. The number of hydrogen-bond donors (Lipinski definition) is 0. The normalized spacial score (nSPS) is 10.7. The number of rotatable bonds is 12. The third kappa shape index (κ3) is 22.6. The number of ketones is 3. The maximum Gasteiger partial charge on any atom is 0.178 e. The van der Waals surface area contributed by atoms with Crippen LogP contribution in [-0.4, -0.2) is 155 Å². The SMILES string of the molecule is O=C(C=Cc1ccccc1)C=Cc1ccccc1.O=C(C=Cc1ccccc1)C=Cc1ccccc1.O=C(C=Cc1ccccc1)C=Cc1ccccc1.[Cs].[Cs]. The van der Waals surface area contributed by atoms with Crippen molar-refractivity contribution in [3.63, 3.8) is 0 Å². The standard InChI is InChI=1S/3C17H14O.2Cs/c3*18-17(13-11-15-7-3-1-4-8-15)14-12-16-9-5-2-6-10-16;;/h3*1-14H;;. The van der Waals surface area contributed by atoms with Crippen molar-refractivity contribution in [3.8, 4) is 0 Å². The second-order valence-electron chi connectivity index (χ2n) is 11.7. The Kier molecular flexibility index (Phi) is 27.1. The zero-order valence-corrected chi connectivity index (χ0v) is 44.5. The quantitative estimate of drug-likeness (QED) is 0.115. The van der Waals surface area contributed by atoms with E-state index in [1.165, 1.54) is 0 Å². The van der Waals surface area contributed by atoms with Gasteiger partial charge in [0.2, 0.25) is 0 Å². The predicted molar refractivity (Wildman–Crippen MR) is 239 cm³/mol. The molecule has 2 radical (unpaired) electrons. The zero-order valence-electron chi connectivity index (χ0n) is 32.0. The first-order valence-corrected chi connectivity index (χ1v) is 17.5. The Labute approximate surface area is 449 Å². The number of benzene rings is 6. The molecule has 0 unspecified atom stereocenters. The fourth-order valence-corrected chi connectivity index (χ4v) is 4.62. The van der Waals surface area contributed by atoms with Gasteiger partial charge in [-0.3, -0.25) is 14.4 Å². The monoisotopic (exact) mass is 968 g/mol. The van der Waals surface area contributed by atoms with E-state index in [2.05, 4.69) is 0 Å². The molecule has 56 heavy (non-hydrogen) atoms. The summed E-state index contributed by atoms with van der Waals surface area (Å²) in [6.07, 6.45) is 20.4. The molecule has 0 fully saturated rings. The summed E-state index contributed by atoms with van der Waals surface area (Å²) in [5, 5.41) is 0. The van der Waals surface area contributed by atoms with Gasteiger partial charge in [-0.1, -0.05) is 218 Å². The third-order valence-corrected chi connectivity index (χ3v) is 7.44. The van der Waals surface area contributed by atoms with E-state index < -0.39 is 0 Å². The predicted octanol–water partition coefficient (Wildman–Crippen LogP) is 11.2. The molecule has 266 valence electrons. The summed E-state index contributed by atoms with van der Waals surface area (Å²) in [5.74, 6) is -0.0341. The second-order valence-corrected chi connectivity index (χ2v) is 11.7. The molecule has 0 aliphatic carbocycles. The van der Waals surface area contributed by atoms with E-state index >= 15 is 0 Å². The van der Waals surface area contributed by atoms with E-state index in [9.17, 15) is 14.4 Å². The number of carbonyl (C=O) groups excluding carboxylic acids is 3. The average molecular weight is 969 g/mol. The molecule has 0 spiro atoms. The fraction of sp³-hybridized carbons (Fsp3) is 0. The molecule has 0 amide bonds. The molecular formula is C51H42Cs2O3. The van der Waals surface area contributed by atoms with Crippen molar-refractivity contribution in [1.29, 1.82) is 0 Å². The van der Waals surface area contributed by atoms with E-state index in [0.717, 1.165) is 33.4 Å². The average Bonchev–Trinajstić information content (AvgIpc) is 3.24. The molecule has 0 saturated heterocycles. The summed E-state index contributed by atoms with van der Waals surface area (Å²) in [4.78, 5) is 34.8. The second kappa shape index (κ2) is 30.9. The van der Waals surface area contributed by atoms with Gasteiger partial charge in [0.1, 0.15) is 0 Å². The molecule has 0 N–H and O–H groups in total. The van der Waals surface area contributed by atoms with Crippen LogP contribution in [0.25, 0.3) is 36.5 Å². The van der Waals surface area contributed by atoms with E-state index in [1.807, 2.05) is 218 Å². The maximum atomic E-state index is 11.6. The first kappa shape index (κ1) is 49.0. The Morgan fingerprint density at radius 3 is 0.482 bits per heavy atom. The van der Waals surface area contributed by atoms with E-state index in [0.29, 0.717) is 0 Å². The Balaban J connectivity index is 0.000000285. The Bertz CT molecular complexity index is 1760. The van der Waals surface area contributed by atoms with Crippen molar-refractivity contribution in [2.24, 2.45) is 0 Å². The van der Waals surface area contributed by atoms with Gasteiger partial charge in [-0.15, -0.1) is 0 Å². The minimum Gasteiger partial charge on any atom is -0.290 e. The topological polar surface area (TPSA) is 51.2 Å². The van der Waals surface area contributed by atoms with Crippen molar-refractivity contribution in [2.75, 3.05) is 0 Å². The van der Waals surface area contributed by atoms with Gasteiger partial charge in [0.25, 0.3) is 0 Å². The van der Waals surface area contributed by atoms with Crippen LogP contribution in [0.1, 0.15) is 33.4 Å². The van der Waals surface area contributed by atoms with Crippen LogP contribution >= 0.6 is 0 Å². The molecule has 0 heterocycles. The van der Waals surface area contributed by atoms with Crippen LogP contribution in [-0.2, 0) is 14.4 Å². The van der Waals surface area contributed by atoms with Crippen molar-refractivity contribution < 1.29 is 14.4 Å².